The number of nitrogens with zero attached hydrogens (tertiary/aromatic N) is 2. The van der Waals surface area contributed by atoms with E-state index in [0.717, 1.165) is 9.13 Å². The first-order chi connectivity index (χ1) is 15.5. The summed E-state index contributed by atoms with van der Waals surface area (Å²) < 4.78 is 7.51. The number of ether oxygens (including phenoxy) is 1. The fourth-order valence-corrected chi connectivity index (χ4v) is 8.76. The van der Waals surface area contributed by atoms with Crippen LogP contribution >= 0.6 is 22.6 Å². The van der Waals surface area contributed by atoms with Crippen LogP contribution in [0.25, 0.3) is 0 Å². The van der Waals surface area contributed by atoms with Gasteiger partial charge in [-0.3, -0.25) is 14.9 Å². The molecule has 1 spiro atoms. The molecule has 4 rings (SSSR count). The lowest BCUT2D eigenvalue weighted by Gasteiger charge is -2.32. The van der Waals surface area contributed by atoms with Crippen molar-refractivity contribution >= 4 is 48.2 Å². The number of nitro groups is 1. The van der Waals surface area contributed by atoms with Crippen molar-refractivity contribution < 1.29 is 24.4 Å². The second-order valence-electron chi connectivity index (χ2n) is 9.35. The Kier molecular flexibility index (Phi) is 6.42. The third-order valence-corrected chi connectivity index (χ3v) is 10.00. The van der Waals surface area contributed by atoms with Gasteiger partial charge in [0.05, 0.1) is 23.3 Å². The number of carbonyl (C=O) groups excluding carboxylic acids is 1. The molecule has 10 heteroatoms. The lowest BCUT2D eigenvalue weighted by molar-refractivity contribution is -0.385. The molecule has 2 aliphatic heterocycles. The van der Waals surface area contributed by atoms with E-state index in [1.807, 2.05) is 31.2 Å². The van der Waals surface area contributed by atoms with E-state index in [0.29, 0.717) is 17.8 Å². The van der Waals surface area contributed by atoms with Gasteiger partial charge >= 0.3 is 0 Å². The molecule has 1 amide bonds. The van der Waals surface area contributed by atoms with E-state index in [4.69, 9.17) is 4.74 Å². The second-order valence-corrected chi connectivity index (χ2v) is 14.6. The Morgan fingerprint density at radius 3 is 2.61 bits per heavy atom. The molecule has 0 radical (unpaired) electrons. The third-order valence-electron chi connectivity index (χ3n) is 6.82. The number of hydrogen-bond donors (Lipinski definition) is 2. The van der Waals surface area contributed by atoms with Gasteiger partial charge in [-0.25, -0.2) is 0 Å². The number of benzene rings is 2. The molecule has 176 valence electrons. The predicted octanol–water partition coefficient (Wildman–Crippen LogP) is 3.93. The maximum absolute atomic E-state index is 14.1. The van der Waals surface area contributed by atoms with Crippen LogP contribution in [0.4, 0.5) is 11.4 Å². The zero-order valence-corrected chi connectivity index (χ0v) is 21.9. The molecule has 0 saturated carbocycles. The first-order valence-electron chi connectivity index (χ1n) is 10.9. The molecule has 4 atom stereocenters. The lowest BCUT2D eigenvalue weighted by atomic mass is 9.82. The molecule has 0 aliphatic carbocycles. The number of carbonyl (C=O) groups is 1. The standard InChI is InChI=1S/C23H27IN2O6Si/c1-14-21(33(2,3)31)20(9-10-27)32-23(14)18-12-17(26(29)30)7-8-19(18)25(22(23)28)13-15-5-4-6-16(24)11-15/h4-8,11-12,14,20-21,27,31H,9-10,13H2,1-3H3/t14-,20+,21-,23+/m1/s1. The van der Waals surface area contributed by atoms with E-state index in [9.17, 15) is 24.8 Å². The molecule has 2 aliphatic rings. The fraction of sp³-hybridized carbons (Fsp3) is 0.435. The van der Waals surface area contributed by atoms with Gasteiger partial charge in [0.1, 0.15) is 0 Å². The number of fused-ring (bicyclic) bond motifs is 2. The minimum Gasteiger partial charge on any atom is -0.432 e. The lowest BCUT2D eigenvalue weighted by Crippen LogP contribution is -2.46. The number of halogens is 1. The molecule has 0 aromatic heterocycles. The quantitative estimate of drug-likeness (QED) is 0.231. The smallest absolute Gasteiger partial charge is 0.269 e. The van der Waals surface area contributed by atoms with Crippen LogP contribution in [0.2, 0.25) is 18.6 Å². The van der Waals surface area contributed by atoms with Crippen molar-refractivity contribution in [2.45, 2.75) is 50.2 Å². The first kappa shape index (κ1) is 24.3. The maximum atomic E-state index is 14.1. The van der Waals surface area contributed by atoms with Crippen LogP contribution in [0.1, 0.15) is 24.5 Å². The SMILES string of the molecule is C[C@@H]1[C@@H]([Si](C)(C)O)[C@H](CCO)O[C@@]12C(=O)N(Cc1cccc(I)c1)c1ccc([N+](=O)[O-])cc12. The Morgan fingerprint density at radius 2 is 2.00 bits per heavy atom. The summed E-state index contributed by atoms with van der Waals surface area (Å²) in [5, 5.41) is 21.2. The summed E-state index contributed by atoms with van der Waals surface area (Å²) in [6.07, 6.45) is -0.243. The maximum Gasteiger partial charge on any atom is 0.269 e. The highest BCUT2D eigenvalue weighted by atomic mass is 127. The minimum absolute atomic E-state index is 0.115. The molecule has 2 N–H and O–H groups in total. The van der Waals surface area contributed by atoms with Crippen molar-refractivity contribution in [1.29, 1.82) is 0 Å². The molecule has 2 aromatic carbocycles. The van der Waals surface area contributed by atoms with Crippen molar-refractivity contribution in [2.75, 3.05) is 11.5 Å². The van der Waals surface area contributed by atoms with Gasteiger partial charge in [0, 0.05) is 39.3 Å². The Hall–Kier alpha value is -1.86. The monoisotopic (exact) mass is 582 g/mol. The number of aliphatic hydroxyl groups is 1. The molecule has 0 bridgehead atoms. The number of rotatable bonds is 6. The molecule has 0 unspecified atom stereocenters. The summed E-state index contributed by atoms with van der Waals surface area (Å²) in [7, 11) is -2.81. The summed E-state index contributed by atoms with van der Waals surface area (Å²) in [6.45, 7) is 5.64. The van der Waals surface area contributed by atoms with E-state index in [-0.39, 0.29) is 30.2 Å². The molecule has 1 fully saturated rings. The number of amides is 1. The molecule has 8 nitrogen and oxygen atoms in total. The first-order valence-corrected chi connectivity index (χ1v) is 15.0. The van der Waals surface area contributed by atoms with E-state index in [1.54, 1.807) is 24.1 Å². The Morgan fingerprint density at radius 1 is 1.27 bits per heavy atom. The number of non-ortho nitro benzene ring substituents is 1. The highest BCUT2D eigenvalue weighted by Crippen LogP contribution is 2.60. The van der Waals surface area contributed by atoms with Gasteiger partial charge in [-0.2, -0.15) is 0 Å². The Labute approximate surface area is 207 Å². The number of hydrogen-bond acceptors (Lipinski definition) is 6. The Bertz CT molecular complexity index is 1110. The van der Waals surface area contributed by atoms with Crippen LogP contribution in [0.5, 0.6) is 0 Å². The zero-order valence-electron chi connectivity index (χ0n) is 18.7. The molecule has 2 aromatic rings. The average Bonchev–Trinajstić information content (AvgIpc) is 3.15. The van der Waals surface area contributed by atoms with Gasteiger partial charge in [-0.05, 0) is 65.9 Å². The molecule has 2 heterocycles. The zero-order chi connectivity index (χ0) is 24.1. The summed E-state index contributed by atoms with van der Waals surface area (Å²) in [5.74, 6) is -0.706. The van der Waals surface area contributed by atoms with Crippen molar-refractivity contribution in [1.82, 2.24) is 0 Å². The van der Waals surface area contributed by atoms with Crippen molar-refractivity contribution in [3.05, 3.63) is 67.3 Å². The topological polar surface area (TPSA) is 113 Å². The van der Waals surface area contributed by atoms with E-state index >= 15 is 0 Å². The number of aliphatic hydroxyl groups excluding tert-OH is 1. The minimum atomic E-state index is -2.81. The number of nitro benzene ring substituents is 1. The van der Waals surface area contributed by atoms with Gasteiger partial charge in [0.25, 0.3) is 11.6 Å². The fourth-order valence-electron chi connectivity index (χ4n) is 5.55. The van der Waals surface area contributed by atoms with Crippen LogP contribution in [0.3, 0.4) is 0 Å². The summed E-state index contributed by atoms with van der Waals surface area (Å²) in [6, 6.07) is 12.3. The Balaban J connectivity index is 1.87. The van der Waals surface area contributed by atoms with Gasteiger partial charge in [0.2, 0.25) is 0 Å². The van der Waals surface area contributed by atoms with Gasteiger partial charge in [-0.1, -0.05) is 19.1 Å². The van der Waals surface area contributed by atoms with Gasteiger partial charge in [0.15, 0.2) is 13.9 Å². The van der Waals surface area contributed by atoms with Crippen molar-refractivity contribution in [3.63, 3.8) is 0 Å². The van der Waals surface area contributed by atoms with Gasteiger partial charge < -0.3 is 19.5 Å². The largest absolute Gasteiger partial charge is 0.432 e. The summed E-state index contributed by atoms with van der Waals surface area (Å²) in [5.41, 5.74) is 0.0953. The average molecular weight is 582 g/mol. The number of anilines is 1. The summed E-state index contributed by atoms with van der Waals surface area (Å²) in [4.78, 5) is 37.9. The molecular weight excluding hydrogens is 555 g/mol. The second kappa shape index (κ2) is 8.73. The highest BCUT2D eigenvalue weighted by Gasteiger charge is 2.66. The van der Waals surface area contributed by atoms with Crippen LogP contribution < -0.4 is 4.90 Å². The third kappa shape index (κ3) is 4.01. The van der Waals surface area contributed by atoms with Crippen LogP contribution in [-0.4, -0.2) is 41.8 Å². The molecular formula is C23H27IN2O6Si. The highest BCUT2D eigenvalue weighted by molar-refractivity contribution is 14.1. The van der Waals surface area contributed by atoms with Crippen LogP contribution in [0, 0.1) is 19.6 Å². The van der Waals surface area contributed by atoms with Crippen molar-refractivity contribution in [3.8, 4) is 0 Å². The van der Waals surface area contributed by atoms with E-state index in [1.165, 1.54) is 12.1 Å². The van der Waals surface area contributed by atoms with Crippen LogP contribution in [-0.2, 0) is 21.7 Å². The molecule has 33 heavy (non-hydrogen) atoms. The molecule has 1 saturated heterocycles. The normalized spacial score (nSPS) is 26.8. The predicted molar refractivity (Wildman–Crippen MR) is 134 cm³/mol. The van der Waals surface area contributed by atoms with E-state index in [2.05, 4.69) is 22.6 Å². The van der Waals surface area contributed by atoms with E-state index < -0.39 is 30.9 Å². The van der Waals surface area contributed by atoms with Crippen molar-refractivity contribution in [2.24, 2.45) is 5.92 Å². The van der Waals surface area contributed by atoms with Gasteiger partial charge in [-0.15, -0.1) is 0 Å². The van der Waals surface area contributed by atoms with Crippen LogP contribution in [0.15, 0.2) is 42.5 Å². The summed E-state index contributed by atoms with van der Waals surface area (Å²) >= 11 is 2.22.